The molecule has 1 aliphatic heterocycles. The summed E-state index contributed by atoms with van der Waals surface area (Å²) in [5.74, 6) is -0.716. The van der Waals surface area contributed by atoms with Gasteiger partial charge in [-0.1, -0.05) is 67.9 Å². The Hall–Kier alpha value is -4.23. The number of aromatic nitrogens is 1. The fourth-order valence-corrected chi connectivity index (χ4v) is 5.24. The Morgan fingerprint density at radius 1 is 1.05 bits per heavy atom. The van der Waals surface area contributed by atoms with Crippen LogP contribution in [0.2, 0.25) is 0 Å². The summed E-state index contributed by atoms with van der Waals surface area (Å²) >= 11 is 1.27. The lowest BCUT2D eigenvalue weighted by Crippen LogP contribution is -2.29. The van der Waals surface area contributed by atoms with Crippen LogP contribution in [0.25, 0.3) is 5.76 Å². The summed E-state index contributed by atoms with van der Waals surface area (Å²) in [6, 6.07) is 22.0. The number of aliphatic hydroxyl groups is 1. The molecule has 1 atom stereocenters. The van der Waals surface area contributed by atoms with Gasteiger partial charge < -0.3 is 9.84 Å². The molecule has 6 nitrogen and oxygen atoms in total. The quantitative estimate of drug-likeness (QED) is 0.164. The van der Waals surface area contributed by atoms with Crippen LogP contribution in [0.1, 0.15) is 53.6 Å². The van der Waals surface area contributed by atoms with Crippen LogP contribution in [-0.4, -0.2) is 21.8 Å². The third-order valence-corrected chi connectivity index (χ3v) is 7.38. The minimum absolute atomic E-state index is 0.0379. The average Bonchev–Trinajstić information content (AvgIpc) is 3.54. The first-order chi connectivity index (χ1) is 18.3. The van der Waals surface area contributed by atoms with Gasteiger partial charge in [-0.3, -0.25) is 14.5 Å². The Bertz CT molecular complexity index is 1490. The van der Waals surface area contributed by atoms with Crippen LogP contribution in [0.5, 0.6) is 5.75 Å². The molecule has 1 fully saturated rings. The SMILES string of the molecule is Cc1cccc(COc2ccc(/C(O)=C3\C(=O)C(=O)N(c4nccs4)C3c3ccc(C(C)C)cc3)cc2)c1. The topological polar surface area (TPSA) is 79.7 Å². The van der Waals surface area contributed by atoms with Gasteiger partial charge in [0.25, 0.3) is 5.78 Å². The monoisotopic (exact) mass is 524 g/mol. The number of benzene rings is 3. The molecule has 0 bridgehead atoms. The van der Waals surface area contributed by atoms with E-state index in [2.05, 4.69) is 24.9 Å². The fourth-order valence-electron chi connectivity index (χ4n) is 4.58. The Morgan fingerprint density at radius 2 is 1.79 bits per heavy atom. The summed E-state index contributed by atoms with van der Waals surface area (Å²) < 4.78 is 5.90. The first-order valence-electron chi connectivity index (χ1n) is 12.4. The number of hydrogen-bond donors (Lipinski definition) is 1. The molecule has 0 spiro atoms. The van der Waals surface area contributed by atoms with Gasteiger partial charge in [0.1, 0.15) is 18.1 Å². The summed E-state index contributed by atoms with van der Waals surface area (Å²) in [6.45, 7) is 6.65. The van der Waals surface area contributed by atoms with Crippen LogP contribution >= 0.6 is 11.3 Å². The second-order valence-electron chi connectivity index (χ2n) is 9.61. The van der Waals surface area contributed by atoms with Crippen LogP contribution in [0.4, 0.5) is 5.13 Å². The standard InChI is InChI=1S/C31H28N2O4S/c1-19(2)22-7-9-23(10-8-22)27-26(29(35)30(36)33(27)31-32-15-16-38-31)28(34)24-11-13-25(14-12-24)37-18-21-6-4-5-20(3)17-21/h4-17,19,27,34H,18H2,1-3H3/b28-26+. The van der Waals surface area contributed by atoms with Gasteiger partial charge in [0, 0.05) is 17.1 Å². The number of hydrogen-bond acceptors (Lipinski definition) is 6. The van der Waals surface area contributed by atoms with E-state index < -0.39 is 17.7 Å². The van der Waals surface area contributed by atoms with Crippen LogP contribution in [0.15, 0.2) is 89.9 Å². The summed E-state index contributed by atoms with van der Waals surface area (Å²) in [5, 5.41) is 13.5. The van der Waals surface area contributed by atoms with Crippen LogP contribution < -0.4 is 9.64 Å². The van der Waals surface area contributed by atoms with Crippen molar-refractivity contribution in [2.75, 3.05) is 4.90 Å². The van der Waals surface area contributed by atoms with Gasteiger partial charge in [0.15, 0.2) is 5.13 Å². The van der Waals surface area contributed by atoms with Crippen molar-refractivity contribution in [2.45, 2.75) is 39.3 Å². The summed E-state index contributed by atoms with van der Waals surface area (Å²) in [6.07, 6.45) is 1.59. The molecule has 192 valence electrons. The van der Waals surface area contributed by atoms with Gasteiger partial charge >= 0.3 is 5.91 Å². The molecule has 5 rings (SSSR count). The van der Waals surface area contributed by atoms with Gasteiger partial charge in [-0.05, 0) is 53.8 Å². The number of rotatable bonds is 7. The van der Waals surface area contributed by atoms with E-state index >= 15 is 0 Å². The molecular weight excluding hydrogens is 496 g/mol. The molecule has 3 aromatic carbocycles. The second kappa shape index (κ2) is 10.6. The number of amides is 1. The van der Waals surface area contributed by atoms with E-state index in [0.717, 1.165) is 22.3 Å². The van der Waals surface area contributed by atoms with Crippen molar-refractivity contribution in [1.29, 1.82) is 0 Å². The van der Waals surface area contributed by atoms with Gasteiger partial charge in [0.2, 0.25) is 0 Å². The molecular formula is C31H28N2O4S. The zero-order chi connectivity index (χ0) is 26.8. The summed E-state index contributed by atoms with van der Waals surface area (Å²) in [5.41, 5.74) is 4.55. The number of aryl methyl sites for hydroxylation is 1. The predicted molar refractivity (Wildman–Crippen MR) is 149 cm³/mol. The Morgan fingerprint density at radius 3 is 2.42 bits per heavy atom. The zero-order valence-electron chi connectivity index (χ0n) is 21.4. The molecule has 1 saturated heterocycles. The number of carbonyl (C=O) groups is 2. The molecule has 1 aromatic heterocycles. The van der Waals surface area contributed by atoms with Crippen LogP contribution in [0.3, 0.4) is 0 Å². The van der Waals surface area contributed by atoms with E-state index in [0.29, 0.717) is 29.0 Å². The third kappa shape index (κ3) is 4.97. The second-order valence-corrected chi connectivity index (χ2v) is 10.5. The Balaban J connectivity index is 1.49. The minimum atomic E-state index is -0.792. The maximum absolute atomic E-state index is 13.3. The number of Topliss-reactive ketones (excluding diaryl/α,β-unsaturated/α-hetero) is 1. The molecule has 7 heteroatoms. The summed E-state index contributed by atoms with van der Waals surface area (Å²) in [7, 11) is 0. The largest absolute Gasteiger partial charge is 0.507 e. The number of nitrogens with zero attached hydrogens (tertiary/aromatic N) is 2. The lowest BCUT2D eigenvalue weighted by molar-refractivity contribution is -0.132. The van der Waals surface area contributed by atoms with Gasteiger partial charge in [0.05, 0.1) is 11.6 Å². The van der Waals surface area contributed by atoms with Crippen molar-refractivity contribution >= 4 is 33.9 Å². The van der Waals surface area contributed by atoms with Crippen molar-refractivity contribution in [3.05, 3.63) is 118 Å². The van der Waals surface area contributed by atoms with E-state index in [9.17, 15) is 14.7 Å². The number of carbonyl (C=O) groups excluding carboxylic acids is 2. The Labute approximate surface area is 225 Å². The molecule has 1 aliphatic rings. The average molecular weight is 525 g/mol. The van der Waals surface area contributed by atoms with E-state index in [1.807, 2.05) is 49.4 Å². The predicted octanol–water partition coefficient (Wildman–Crippen LogP) is 6.78. The maximum atomic E-state index is 13.3. The molecule has 1 N–H and O–H groups in total. The van der Waals surface area contributed by atoms with Crippen molar-refractivity contribution in [2.24, 2.45) is 0 Å². The third-order valence-electron chi connectivity index (χ3n) is 6.60. The highest BCUT2D eigenvalue weighted by Crippen LogP contribution is 2.43. The first kappa shape index (κ1) is 25.4. The van der Waals surface area contributed by atoms with Crippen molar-refractivity contribution in [3.63, 3.8) is 0 Å². The van der Waals surface area contributed by atoms with E-state index in [1.165, 1.54) is 16.2 Å². The number of anilines is 1. The fraction of sp³-hybridized carbons (Fsp3) is 0.194. The van der Waals surface area contributed by atoms with E-state index in [-0.39, 0.29) is 11.3 Å². The van der Waals surface area contributed by atoms with Crippen molar-refractivity contribution < 1.29 is 19.4 Å². The number of ketones is 1. The molecule has 0 saturated carbocycles. The highest BCUT2D eigenvalue weighted by molar-refractivity contribution is 7.14. The smallest absolute Gasteiger partial charge is 0.301 e. The first-order valence-corrected chi connectivity index (χ1v) is 13.3. The molecule has 0 aliphatic carbocycles. The van der Waals surface area contributed by atoms with Crippen molar-refractivity contribution in [3.8, 4) is 5.75 Å². The maximum Gasteiger partial charge on any atom is 0.301 e. The van der Waals surface area contributed by atoms with E-state index in [1.54, 1.807) is 35.8 Å². The molecule has 38 heavy (non-hydrogen) atoms. The molecule has 2 heterocycles. The minimum Gasteiger partial charge on any atom is -0.507 e. The molecule has 1 amide bonds. The van der Waals surface area contributed by atoms with Gasteiger partial charge in [-0.15, -0.1) is 11.3 Å². The zero-order valence-corrected chi connectivity index (χ0v) is 22.2. The number of ether oxygens (including phenoxy) is 1. The summed E-state index contributed by atoms with van der Waals surface area (Å²) in [4.78, 5) is 32.1. The number of thiazole rings is 1. The van der Waals surface area contributed by atoms with Crippen LogP contribution in [0, 0.1) is 6.92 Å². The normalized spacial score (nSPS) is 16.8. The van der Waals surface area contributed by atoms with E-state index in [4.69, 9.17) is 4.74 Å². The molecule has 4 aromatic rings. The number of aliphatic hydroxyl groups excluding tert-OH is 1. The highest BCUT2D eigenvalue weighted by atomic mass is 32.1. The Kier molecular flexibility index (Phi) is 7.11. The van der Waals surface area contributed by atoms with Gasteiger partial charge in [-0.25, -0.2) is 4.98 Å². The van der Waals surface area contributed by atoms with Gasteiger partial charge in [-0.2, -0.15) is 0 Å². The highest BCUT2D eigenvalue weighted by Gasteiger charge is 2.47. The van der Waals surface area contributed by atoms with Crippen LogP contribution in [-0.2, 0) is 16.2 Å². The molecule has 1 unspecified atom stereocenters. The lowest BCUT2D eigenvalue weighted by atomic mass is 9.93. The molecule has 0 radical (unpaired) electrons. The van der Waals surface area contributed by atoms with Crippen molar-refractivity contribution in [1.82, 2.24) is 4.98 Å². The lowest BCUT2D eigenvalue weighted by Gasteiger charge is -2.23.